The summed E-state index contributed by atoms with van der Waals surface area (Å²) in [5.74, 6) is -0.695. The Bertz CT molecular complexity index is 1390. The maximum Gasteiger partial charge on any atom is 0.291 e. The number of para-hydroxylation sites is 1. The highest BCUT2D eigenvalue weighted by molar-refractivity contribution is 7.91. The number of phenols is 1. The number of sulfone groups is 1. The molecule has 0 aliphatic carbocycles. The number of phenolic OH excluding ortho intramolecular Hbond substituents is 1. The van der Waals surface area contributed by atoms with Crippen LogP contribution in [0.3, 0.4) is 0 Å². The number of amides is 1. The first-order valence-corrected chi connectivity index (χ1v) is 11.6. The SMILES string of the molecule is COc1cc(C2c3c(oc4ccccc4c3=O)C(=O)N2C2CCS(=O)(=O)C2)ccc1O. The Morgan fingerprint density at radius 2 is 1.94 bits per heavy atom. The van der Waals surface area contributed by atoms with E-state index in [0.29, 0.717) is 16.5 Å². The molecule has 1 aromatic heterocycles. The number of nitrogens with zero attached hydrogens (tertiary/aromatic N) is 1. The first-order chi connectivity index (χ1) is 14.8. The van der Waals surface area contributed by atoms with Gasteiger partial charge in [-0.1, -0.05) is 18.2 Å². The second kappa shape index (κ2) is 6.84. The molecular weight excluding hydrogens is 422 g/mol. The minimum absolute atomic E-state index is 0.0211. The number of hydrogen-bond donors (Lipinski definition) is 1. The summed E-state index contributed by atoms with van der Waals surface area (Å²) in [5.41, 5.74) is 0.641. The highest BCUT2D eigenvalue weighted by atomic mass is 32.2. The van der Waals surface area contributed by atoms with Crippen LogP contribution in [0.5, 0.6) is 11.5 Å². The van der Waals surface area contributed by atoms with Crippen LogP contribution in [0.2, 0.25) is 0 Å². The lowest BCUT2D eigenvalue weighted by molar-refractivity contribution is 0.0662. The minimum atomic E-state index is -3.28. The summed E-state index contributed by atoms with van der Waals surface area (Å²) < 4.78 is 35.3. The van der Waals surface area contributed by atoms with Crippen LogP contribution in [0, 0.1) is 0 Å². The fourth-order valence-electron chi connectivity index (χ4n) is 4.50. The van der Waals surface area contributed by atoms with E-state index in [1.807, 2.05) is 0 Å². The van der Waals surface area contributed by atoms with E-state index < -0.39 is 27.8 Å². The van der Waals surface area contributed by atoms with Crippen LogP contribution in [-0.2, 0) is 9.84 Å². The summed E-state index contributed by atoms with van der Waals surface area (Å²) in [6, 6.07) is 9.79. The third-order valence-electron chi connectivity index (χ3n) is 5.93. The van der Waals surface area contributed by atoms with Crippen molar-refractivity contribution >= 4 is 26.7 Å². The van der Waals surface area contributed by atoms with E-state index in [0.717, 1.165) is 0 Å². The van der Waals surface area contributed by atoms with Gasteiger partial charge in [0.2, 0.25) is 5.76 Å². The van der Waals surface area contributed by atoms with E-state index in [4.69, 9.17) is 9.15 Å². The molecule has 160 valence electrons. The largest absolute Gasteiger partial charge is 0.504 e. The van der Waals surface area contributed by atoms with Gasteiger partial charge in [0, 0.05) is 6.04 Å². The minimum Gasteiger partial charge on any atom is -0.504 e. The van der Waals surface area contributed by atoms with E-state index in [1.165, 1.54) is 18.1 Å². The Morgan fingerprint density at radius 3 is 2.65 bits per heavy atom. The summed E-state index contributed by atoms with van der Waals surface area (Å²) >= 11 is 0. The predicted molar refractivity (Wildman–Crippen MR) is 112 cm³/mol. The Labute approximate surface area is 177 Å². The summed E-state index contributed by atoms with van der Waals surface area (Å²) in [6.07, 6.45) is 0.279. The molecule has 1 amide bonds. The van der Waals surface area contributed by atoms with Crippen molar-refractivity contribution in [2.45, 2.75) is 18.5 Å². The molecule has 1 saturated heterocycles. The van der Waals surface area contributed by atoms with Crippen molar-refractivity contribution in [2.75, 3.05) is 18.6 Å². The maximum absolute atomic E-state index is 13.4. The van der Waals surface area contributed by atoms with Gasteiger partial charge in [0.15, 0.2) is 26.8 Å². The molecule has 5 rings (SSSR count). The molecule has 1 fully saturated rings. The van der Waals surface area contributed by atoms with Crippen molar-refractivity contribution in [3.8, 4) is 11.5 Å². The second-order valence-electron chi connectivity index (χ2n) is 7.77. The summed E-state index contributed by atoms with van der Waals surface area (Å²) in [6.45, 7) is 0. The number of carbonyl (C=O) groups is 1. The molecule has 2 aliphatic heterocycles. The van der Waals surface area contributed by atoms with E-state index in [-0.39, 0.29) is 46.2 Å². The van der Waals surface area contributed by atoms with Crippen molar-refractivity contribution in [3.63, 3.8) is 0 Å². The van der Waals surface area contributed by atoms with Crippen LogP contribution >= 0.6 is 0 Å². The van der Waals surface area contributed by atoms with Gasteiger partial charge in [-0.15, -0.1) is 0 Å². The highest BCUT2D eigenvalue weighted by Crippen LogP contribution is 2.43. The Morgan fingerprint density at radius 1 is 1.16 bits per heavy atom. The molecule has 2 aromatic carbocycles. The van der Waals surface area contributed by atoms with Crippen LogP contribution in [0.25, 0.3) is 11.0 Å². The molecule has 9 heteroatoms. The molecule has 0 radical (unpaired) electrons. The Balaban J connectivity index is 1.77. The summed E-state index contributed by atoms with van der Waals surface area (Å²) in [5, 5.41) is 10.3. The third kappa shape index (κ3) is 2.99. The number of aromatic hydroxyl groups is 1. The van der Waals surface area contributed by atoms with Gasteiger partial charge in [0.05, 0.1) is 35.6 Å². The monoisotopic (exact) mass is 441 g/mol. The number of benzene rings is 2. The molecule has 0 saturated carbocycles. The van der Waals surface area contributed by atoms with Crippen molar-refractivity contribution < 1.29 is 27.5 Å². The molecule has 31 heavy (non-hydrogen) atoms. The number of ether oxygens (including phenoxy) is 1. The third-order valence-corrected chi connectivity index (χ3v) is 7.68. The van der Waals surface area contributed by atoms with Crippen LogP contribution < -0.4 is 10.2 Å². The van der Waals surface area contributed by atoms with E-state index in [1.54, 1.807) is 36.4 Å². The standard InChI is InChI=1S/C22H19NO7S/c1-29-17-10-12(6-7-15(17)24)19-18-20(25)14-4-2-3-5-16(14)30-21(18)22(26)23(19)13-8-9-31(27,28)11-13/h2-7,10,13,19,24H,8-9,11H2,1H3. The van der Waals surface area contributed by atoms with Crippen molar-refractivity contribution in [3.05, 3.63) is 69.6 Å². The van der Waals surface area contributed by atoms with Gasteiger partial charge in [-0.25, -0.2) is 8.42 Å². The number of fused-ring (bicyclic) bond motifs is 2. The van der Waals surface area contributed by atoms with Gasteiger partial charge in [-0.05, 0) is 36.2 Å². The van der Waals surface area contributed by atoms with Gasteiger partial charge in [0.25, 0.3) is 5.91 Å². The first kappa shape index (κ1) is 19.6. The fraction of sp³-hybridized carbons (Fsp3) is 0.273. The lowest BCUT2D eigenvalue weighted by atomic mass is 9.97. The van der Waals surface area contributed by atoms with Crippen molar-refractivity contribution in [1.82, 2.24) is 4.90 Å². The van der Waals surface area contributed by atoms with E-state index in [9.17, 15) is 23.1 Å². The van der Waals surface area contributed by atoms with Gasteiger partial charge in [-0.3, -0.25) is 9.59 Å². The highest BCUT2D eigenvalue weighted by Gasteiger charge is 2.48. The zero-order chi connectivity index (χ0) is 21.9. The van der Waals surface area contributed by atoms with Gasteiger partial charge in [-0.2, -0.15) is 0 Å². The van der Waals surface area contributed by atoms with Crippen LogP contribution in [0.4, 0.5) is 0 Å². The van der Waals surface area contributed by atoms with Crippen LogP contribution in [-0.4, -0.2) is 49.0 Å². The topological polar surface area (TPSA) is 114 Å². The maximum atomic E-state index is 13.4. The van der Waals surface area contributed by atoms with Crippen LogP contribution in [0.15, 0.2) is 51.7 Å². The van der Waals surface area contributed by atoms with Crippen LogP contribution in [0.1, 0.15) is 34.1 Å². The fourth-order valence-corrected chi connectivity index (χ4v) is 6.21. The molecule has 0 spiro atoms. The quantitative estimate of drug-likeness (QED) is 0.663. The van der Waals surface area contributed by atoms with E-state index in [2.05, 4.69) is 0 Å². The van der Waals surface area contributed by atoms with Crippen molar-refractivity contribution in [1.29, 1.82) is 0 Å². The molecule has 3 heterocycles. The zero-order valence-electron chi connectivity index (χ0n) is 16.6. The molecule has 2 atom stereocenters. The summed E-state index contributed by atoms with van der Waals surface area (Å²) in [4.78, 5) is 28.3. The predicted octanol–water partition coefficient (Wildman–Crippen LogP) is 2.24. The molecule has 3 aromatic rings. The normalized spacial score (nSPS) is 22.1. The van der Waals surface area contributed by atoms with Gasteiger partial charge in [0.1, 0.15) is 5.58 Å². The van der Waals surface area contributed by atoms with Crippen molar-refractivity contribution in [2.24, 2.45) is 0 Å². The summed E-state index contributed by atoms with van der Waals surface area (Å²) in [7, 11) is -1.89. The van der Waals surface area contributed by atoms with Gasteiger partial charge < -0.3 is 19.2 Å². The molecule has 2 unspecified atom stereocenters. The molecular formula is C22H19NO7S. The lowest BCUT2D eigenvalue weighted by Gasteiger charge is -2.30. The Kier molecular flexibility index (Phi) is 4.33. The number of carbonyl (C=O) groups excluding carboxylic acids is 1. The Hall–Kier alpha value is -3.33. The zero-order valence-corrected chi connectivity index (χ0v) is 17.4. The smallest absolute Gasteiger partial charge is 0.291 e. The number of methoxy groups -OCH3 is 1. The number of rotatable bonds is 3. The average molecular weight is 441 g/mol. The van der Waals surface area contributed by atoms with Gasteiger partial charge >= 0.3 is 0 Å². The first-order valence-electron chi connectivity index (χ1n) is 9.76. The molecule has 1 N–H and O–H groups in total. The number of hydrogen-bond acceptors (Lipinski definition) is 7. The average Bonchev–Trinajstić information content (AvgIpc) is 3.25. The second-order valence-corrected chi connectivity index (χ2v) is 10.0. The molecule has 0 bridgehead atoms. The molecule has 2 aliphatic rings. The lowest BCUT2D eigenvalue weighted by Crippen LogP contribution is -2.40. The van der Waals surface area contributed by atoms with E-state index >= 15 is 0 Å². The molecule has 8 nitrogen and oxygen atoms in total.